The molecule has 0 bridgehead atoms. The van der Waals surface area contributed by atoms with Crippen LogP contribution < -0.4 is 0 Å². The molecule has 1 N–H and O–H groups in total. The van der Waals surface area contributed by atoms with Crippen LogP contribution >= 0.6 is 31.5 Å². The summed E-state index contributed by atoms with van der Waals surface area (Å²) in [7, 11) is -3.04. The van der Waals surface area contributed by atoms with Crippen LogP contribution in [0.5, 0.6) is 0 Å². The lowest BCUT2D eigenvalue weighted by Crippen LogP contribution is -2.58. The normalized spacial score (nSPS) is 15.1. The van der Waals surface area contributed by atoms with Gasteiger partial charge in [0.05, 0.1) is 26.4 Å². The van der Waals surface area contributed by atoms with E-state index in [9.17, 15) is 9.67 Å². The molecule has 0 aliphatic carbocycles. The highest BCUT2D eigenvalue weighted by Gasteiger charge is 2.54. The van der Waals surface area contributed by atoms with E-state index in [1.165, 1.54) is 6.92 Å². The van der Waals surface area contributed by atoms with Crippen LogP contribution in [0.4, 0.5) is 0 Å². The number of ether oxygens (including phenoxy) is 3. The van der Waals surface area contributed by atoms with Crippen LogP contribution in [-0.2, 0) is 27.8 Å². The molecule has 160 valence electrons. The van der Waals surface area contributed by atoms with Gasteiger partial charge in [-0.25, -0.2) is 4.52 Å². The number of alkyl halides is 2. The molecule has 2 unspecified atom stereocenters. The van der Waals surface area contributed by atoms with E-state index in [-0.39, 0.29) is 19.1 Å². The van der Waals surface area contributed by atoms with Gasteiger partial charge in [0.15, 0.2) is 0 Å². The topological polar surface area (TPSA) is 83.5 Å². The summed E-state index contributed by atoms with van der Waals surface area (Å²) in [6.07, 6.45) is 2.02. The van der Waals surface area contributed by atoms with Crippen molar-refractivity contribution >= 4 is 31.5 Å². The summed E-state index contributed by atoms with van der Waals surface area (Å²) < 4.78 is 38.6. The molecule has 2 atom stereocenters. The Balaban J connectivity index is 0. The molecule has 0 fully saturated rings. The molecule has 0 aromatic carbocycles. The van der Waals surface area contributed by atoms with Crippen LogP contribution in [0.3, 0.4) is 0 Å². The molecule has 0 amide bonds. The van der Waals surface area contributed by atoms with Crippen molar-refractivity contribution < 1.29 is 32.9 Å². The Morgan fingerprint density at radius 3 is 1.69 bits per heavy atom. The molecule has 0 aromatic heterocycles. The number of rotatable bonds is 15. The largest absolute Gasteiger partial charge is 0.344 e. The molecule has 7 nitrogen and oxygen atoms in total. The molecule has 0 aliphatic heterocycles. The first-order chi connectivity index (χ1) is 12.3. The highest BCUT2D eigenvalue weighted by molar-refractivity contribution is 7.33. The minimum Gasteiger partial charge on any atom is -0.343 e. The number of aliphatic hydroxyl groups is 1. The lowest BCUT2D eigenvalue weighted by Gasteiger charge is -2.41. The predicted octanol–water partition coefficient (Wildman–Crippen LogP) is 4.54. The standard InChI is InChI=1S/C14H30ClO7P.C2H5Cl/c1-5-9-18-13(4,19-10-6-2)14(16,20-11-7-3)22-23(17)21-12-8-15;1-2-3/h16,23H,5-12H2,1-4H3;2H2,1H3. The maximum atomic E-state index is 11.9. The van der Waals surface area contributed by atoms with Crippen LogP contribution in [0.25, 0.3) is 0 Å². The van der Waals surface area contributed by atoms with Crippen molar-refractivity contribution in [2.24, 2.45) is 0 Å². The molecule has 0 saturated carbocycles. The smallest absolute Gasteiger partial charge is 0.343 e. The maximum absolute atomic E-state index is 11.9. The number of halogens is 2. The monoisotopic (exact) mass is 440 g/mol. The Bertz CT molecular complexity index is 343. The molecule has 10 heteroatoms. The highest BCUT2D eigenvalue weighted by atomic mass is 35.5. The second-order valence-corrected chi connectivity index (χ2v) is 7.13. The Kier molecular flexibility index (Phi) is 19.5. The third kappa shape index (κ3) is 12.1. The van der Waals surface area contributed by atoms with Crippen LogP contribution in [-0.4, -0.2) is 55.1 Å². The molecule has 0 saturated heterocycles. The molecule has 0 rings (SSSR count). The van der Waals surface area contributed by atoms with E-state index >= 15 is 0 Å². The van der Waals surface area contributed by atoms with Gasteiger partial charge in [0.25, 0.3) is 0 Å². The van der Waals surface area contributed by atoms with Gasteiger partial charge in [-0.15, -0.1) is 23.2 Å². The minimum absolute atomic E-state index is 0.0333. The fraction of sp³-hybridized carbons (Fsp3) is 1.00. The lowest BCUT2D eigenvalue weighted by molar-refractivity contribution is -0.459. The van der Waals surface area contributed by atoms with Crippen molar-refractivity contribution in [3.05, 3.63) is 0 Å². The number of hydrogen-bond donors (Lipinski definition) is 1. The summed E-state index contributed by atoms with van der Waals surface area (Å²) in [4.78, 5) is 0. The SMILES string of the molecule is CCCOC(C)(OCCC)C(O)(OCCC)O[PH](=O)OCCCl.CCCl. The summed E-state index contributed by atoms with van der Waals surface area (Å²) in [6, 6.07) is 0. The van der Waals surface area contributed by atoms with Gasteiger partial charge in [0, 0.05) is 11.8 Å². The van der Waals surface area contributed by atoms with Gasteiger partial charge < -0.3 is 23.8 Å². The second-order valence-electron chi connectivity index (χ2n) is 5.23. The molecular weight excluding hydrogens is 406 g/mol. The van der Waals surface area contributed by atoms with Gasteiger partial charge in [-0.3, -0.25) is 4.57 Å². The molecule has 0 aromatic rings. The Hall–Kier alpha value is 0.570. The van der Waals surface area contributed by atoms with Crippen LogP contribution in [0, 0.1) is 0 Å². The first-order valence-electron chi connectivity index (χ1n) is 8.92. The van der Waals surface area contributed by atoms with Gasteiger partial charge >= 0.3 is 14.2 Å². The first kappa shape index (κ1) is 28.8. The zero-order valence-corrected chi connectivity index (χ0v) is 19.0. The summed E-state index contributed by atoms with van der Waals surface area (Å²) in [5, 5.41) is 10.8. The Morgan fingerprint density at radius 2 is 1.31 bits per heavy atom. The second kappa shape index (κ2) is 17.7. The van der Waals surface area contributed by atoms with Crippen molar-refractivity contribution in [1.29, 1.82) is 0 Å². The Labute approximate surface area is 168 Å². The van der Waals surface area contributed by atoms with Gasteiger partial charge in [-0.05, 0) is 26.2 Å². The third-order valence-electron chi connectivity index (χ3n) is 2.76. The summed E-state index contributed by atoms with van der Waals surface area (Å²) in [5.74, 6) is -3.11. The van der Waals surface area contributed by atoms with E-state index in [1.54, 1.807) is 0 Å². The Morgan fingerprint density at radius 1 is 0.885 bits per heavy atom. The summed E-state index contributed by atoms with van der Waals surface area (Å²) in [6.45, 7) is 9.90. The maximum Gasteiger partial charge on any atom is 0.344 e. The van der Waals surface area contributed by atoms with Crippen LogP contribution in [0.2, 0.25) is 0 Å². The summed E-state index contributed by atoms with van der Waals surface area (Å²) >= 11 is 10.5. The molecular formula is C16H35Cl2O7P. The highest BCUT2D eigenvalue weighted by Crippen LogP contribution is 2.39. The minimum atomic E-state index is -3.04. The molecule has 0 radical (unpaired) electrons. The molecule has 26 heavy (non-hydrogen) atoms. The van der Waals surface area contributed by atoms with E-state index in [2.05, 4.69) is 0 Å². The average molecular weight is 441 g/mol. The quantitative estimate of drug-likeness (QED) is 0.227. The van der Waals surface area contributed by atoms with Gasteiger partial charge in [-0.2, -0.15) is 0 Å². The van der Waals surface area contributed by atoms with Crippen LogP contribution in [0.15, 0.2) is 0 Å². The van der Waals surface area contributed by atoms with E-state index in [4.69, 9.17) is 46.5 Å². The van der Waals surface area contributed by atoms with Crippen molar-refractivity contribution in [3.8, 4) is 0 Å². The zero-order valence-electron chi connectivity index (χ0n) is 16.5. The van der Waals surface area contributed by atoms with Crippen molar-refractivity contribution in [3.63, 3.8) is 0 Å². The summed E-state index contributed by atoms with van der Waals surface area (Å²) in [5.41, 5.74) is 0. The third-order valence-corrected chi connectivity index (χ3v) is 3.80. The van der Waals surface area contributed by atoms with Crippen molar-refractivity contribution in [2.45, 2.75) is 65.6 Å². The van der Waals surface area contributed by atoms with Gasteiger partial charge in [0.1, 0.15) is 0 Å². The van der Waals surface area contributed by atoms with E-state index in [0.717, 1.165) is 5.88 Å². The molecule has 0 spiro atoms. The number of hydrogen-bond acceptors (Lipinski definition) is 7. The van der Waals surface area contributed by atoms with Gasteiger partial charge in [-0.1, -0.05) is 27.7 Å². The van der Waals surface area contributed by atoms with Crippen molar-refractivity contribution in [2.75, 3.05) is 38.2 Å². The fourth-order valence-electron chi connectivity index (χ4n) is 1.58. The average Bonchev–Trinajstić information content (AvgIpc) is 2.61. The van der Waals surface area contributed by atoms with Crippen molar-refractivity contribution in [1.82, 2.24) is 0 Å². The molecule has 0 aliphatic rings. The zero-order chi connectivity index (χ0) is 20.5. The lowest BCUT2D eigenvalue weighted by atomic mass is 10.2. The van der Waals surface area contributed by atoms with E-state index in [1.807, 2.05) is 27.7 Å². The first-order valence-corrected chi connectivity index (χ1v) is 11.2. The van der Waals surface area contributed by atoms with E-state index < -0.39 is 20.0 Å². The van der Waals surface area contributed by atoms with E-state index in [0.29, 0.717) is 32.5 Å². The molecule has 0 heterocycles. The van der Waals surface area contributed by atoms with Gasteiger partial charge in [0.2, 0.25) is 5.79 Å². The van der Waals surface area contributed by atoms with Crippen LogP contribution in [0.1, 0.15) is 53.9 Å². The predicted molar refractivity (Wildman–Crippen MR) is 105 cm³/mol. The fourth-order valence-corrected chi connectivity index (χ4v) is 2.58.